The molecule has 4 heteroatoms. The van der Waals surface area contributed by atoms with Crippen molar-refractivity contribution in [1.82, 2.24) is 20.0 Å². The topological polar surface area (TPSA) is 33.1 Å². The van der Waals surface area contributed by atoms with E-state index in [2.05, 4.69) is 36.1 Å². The highest BCUT2D eigenvalue weighted by atomic mass is 15.3. The minimum absolute atomic E-state index is 0.557. The molecule has 2 rings (SSSR count). The molecule has 1 N–H and O–H groups in total. The van der Waals surface area contributed by atoms with Crippen molar-refractivity contribution >= 4 is 0 Å². The van der Waals surface area contributed by atoms with Crippen LogP contribution >= 0.6 is 0 Å². The van der Waals surface area contributed by atoms with Crippen LogP contribution in [0.1, 0.15) is 33.6 Å². The van der Waals surface area contributed by atoms with Crippen molar-refractivity contribution in [2.75, 3.05) is 13.1 Å². The van der Waals surface area contributed by atoms with Crippen molar-refractivity contribution in [3.05, 3.63) is 18.5 Å². The van der Waals surface area contributed by atoms with Crippen molar-refractivity contribution in [2.24, 2.45) is 0 Å². The van der Waals surface area contributed by atoms with Gasteiger partial charge in [-0.3, -0.25) is 9.58 Å². The summed E-state index contributed by atoms with van der Waals surface area (Å²) in [5.41, 5.74) is 0. The van der Waals surface area contributed by atoms with E-state index in [1.165, 1.54) is 25.9 Å². The van der Waals surface area contributed by atoms with E-state index in [4.69, 9.17) is 0 Å². The number of hydrogen-bond acceptors (Lipinski definition) is 3. The molecule has 0 saturated carbocycles. The number of likely N-dealkylation sites (tertiary alicyclic amines) is 1. The van der Waals surface area contributed by atoms with E-state index in [9.17, 15) is 0 Å². The van der Waals surface area contributed by atoms with Crippen LogP contribution in [0, 0.1) is 0 Å². The van der Waals surface area contributed by atoms with E-state index in [1.807, 2.05) is 23.1 Å². The lowest BCUT2D eigenvalue weighted by Crippen LogP contribution is -2.51. The summed E-state index contributed by atoms with van der Waals surface area (Å²) in [5.74, 6) is 0. The van der Waals surface area contributed by atoms with Gasteiger partial charge in [0.1, 0.15) is 0 Å². The van der Waals surface area contributed by atoms with Crippen LogP contribution in [0.15, 0.2) is 18.5 Å². The maximum absolute atomic E-state index is 4.29. The van der Waals surface area contributed by atoms with Crippen LogP contribution in [0.3, 0.4) is 0 Å². The number of nitrogens with zero attached hydrogens (tertiary/aromatic N) is 3. The molecule has 1 aromatic heterocycles. The predicted molar refractivity (Wildman–Crippen MR) is 74.6 cm³/mol. The summed E-state index contributed by atoms with van der Waals surface area (Å²) in [6, 6.07) is 3.78. The average molecular weight is 250 g/mol. The van der Waals surface area contributed by atoms with Crippen LogP contribution in [0.25, 0.3) is 0 Å². The third-order valence-corrected chi connectivity index (χ3v) is 3.66. The Morgan fingerprint density at radius 3 is 2.89 bits per heavy atom. The van der Waals surface area contributed by atoms with Gasteiger partial charge < -0.3 is 5.32 Å². The third kappa shape index (κ3) is 3.82. The SMILES string of the molecule is CC(C)NC1CCCN(C(C)Cn2cccn2)C1. The molecule has 1 aliphatic rings. The van der Waals surface area contributed by atoms with Crippen LogP contribution in [0.2, 0.25) is 0 Å². The summed E-state index contributed by atoms with van der Waals surface area (Å²) < 4.78 is 2.03. The fraction of sp³-hybridized carbons (Fsp3) is 0.786. The second-order valence-electron chi connectivity index (χ2n) is 5.73. The summed E-state index contributed by atoms with van der Waals surface area (Å²) in [4.78, 5) is 2.59. The van der Waals surface area contributed by atoms with Gasteiger partial charge in [0.25, 0.3) is 0 Å². The van der Waals surface area contributed by atoms with Gasteiger partial charge in [-0.2, -0.15) is 5.10 Å². The predicted octanol–water partition coefficient (Wildman–Crippen LogP) is 1.73. The van der Waals surface area contributed by atoms with Gasteiger partial charge in [-0.25, -0.2) is 0 Å². The molecule has 2 heterocycles. The molecule has 0 radical (unpaired) electrons. The van der Waals surface area contributed by atoms with Crippen molar-refractivity contribution in [3.63, 3.8) is 0 Å². The first kappa shape index (κ1) is 13.6. The fourth-order valence-electron chi connectivity index (χ4n) is 2.81. The zero-order valence-electron chi connectivity index (χ0n) is 11.8. The Kier molecular flexibility index (Phi) is 4.78. The van der Waals surface area contributed by atoms with Crippen LogP contribution < -0.4 is 5.32 Å². The van der Waals surface area contributed by atoms with E-state index in [0.717, 1.165) is 6.54 Å². The molecule has 4 nitrogen and oxygen atoms in total. The van der Waals surface area contributed by atoms with Crippen molar-refractivity contribution in [2.45, 2.75) is 58.3 Å². The van der Waals surface area contributed by atoms with Gasteiger partial charge in [0, 0.05) is 37.1 Å². The smallest absolute Gasteiger partial charge is 0.0562 e. The van der Waals surface area contributed by atoms with Crippen LogP contribution in [-0.2, 0) is 6.54 Å². The monoisotopic (exact) mass is 250 g/mol. The summed E-state index contributed by atoms with van der Waals surface area (Å²) >= 11 is 0. The maximum atomic E-state index is 4.29. The Hall–Kier alpha value is -0.870. The molecule has 0 aliphatic carbocycles. The first-order valence-electron chi connectivity index (χ1n) is 7.12. The van der Waals surface area contributed by atoms with Crippen LogP contribution in [0.4, 0.5) is 0 Å². The number of rotatable bonds is 5. The maximum Gasteiger partial charge on any atom is 0.0562 e. The molecule has 1 fully saturated rings. The molecule has 0 aromatic carbocycles. The van der Waals surface area contributed by atoms with E-state index >= 15 is 0 Å². The molecular formula is C14H26N4. The fourth-order valence-corrected chi connectivity index (χ4v) is 2.81. The molecule has 0 spiro atoms. The Morgan fingerprint density at radius 1 is 1.39 bits per heavy atom. The summed E-state index contributed by atoms with van der Waals surface area (Å²) in [6.45, 7) is 10.1. The second kappa shape index (κ2) is 6.34. The van der Waals surface area contributed by atoms with Crippen LogP contribution in [-0.4, -0.2) is 45.9 Å². The molecule has 2 unspecified atom stereocenters. The van der Waals surface area contributed by atoms with E-state index < -0.39 is 0 Å². The summed E-state index contributed by atoms with van der Waals surface area (Å²) in [7, 11) is 0. The number of hydrogen-bond donors (Lipinski definition) is 1. The van der Waals surface area contributed by atoms with E-state index in [-0.39, 0.29) is 0 Å². The Balaban J connectivity index is 1.84. The lowest BCUT2D eigenvalue weighted by Gasteiger charge is -2.37. The quantitative estimate of drug-likeness (QED) is 0.864. The highest BCUT2D eigenvalue weighted by Crippen LogP contribution is 2.14. The molecule has 1 aliphatic heterocycles. The first-order valence-corrected chi connectivity index (χ1v) is 7.12. The van der Waals surface area contributed by atoms with Gasteiger partial charge in [-0.1, -0.05) is 13.8 Å². The van der Waals surface area contributed by atoms with Gasteiger partial charge in [-0.05, 0) is 32.4 Å². The van der Waals surface area contributed by atoms with Gasteiger partial charge in [0.2, 0.25) is 0 Å². The van der Waals surface area contributed by atoms with Crippen molar-refractivity contribution in [3.8, 4) is 0 Å². The second-order valence-corrected chi connectivity index (χ2v) is 5.73. The number of nitrogens with one attached hydrogen (secondary N) is 1. The number of piperidine rings is 1. The van der Waals surface area contributed by atoms with Crippen molar-refractivity contribution < 1.29 is 0 Å². The van der Waals surface area contributed by atoms with Crippen LogP contribution in [0.5, 0.6) is 0 Å². The number of aromatic nitrogens is 2. The van der Waals surface area contributed by atoms with Gasteiger partial charge in [0.05, 0.1) is 6.54 Å². The Bertz CT molecular complexity index is 334. The molecule has 1 aromatic rings. The lowest BCUT2D eigenvalue weighted by atomic mass is 10.0. The highest BCUT2D eigenvalue weighted by molar-refractivity contribution is 4.84. The highest BCUT2D eigenvalue weighted by Gasteiger charge is 2.23. The zero-order chi connectivity index (χ0) is 13.0. The normalized spacial score (nSPS) is 23.4. The molecule has 102 valence electrons. The van der Waals surface area contributed by atoms with E-state index in [1.54, 1.807) is 0 Å². The summed E-state index contributed by atoms with van der Waals surface area (Å²) in [6.07, 6.45) is 6.51. The molecule has 0 amide bonds. The third-order valence-electron chi connectivity index (χ3n) is 3.66. The van der Waals surface area contributed by atoms with Crippen molar-refractivity contribution in [1.29, 1.82) is 0 Å². The molecule has 0 bridgehead atoms. The summed E-state index contributed by atoms with van der Waals surface area (Å²) in [5, 5.41) is 7.95. The van der Waals surface area contributed by atoms with E-state index in [0.29, 0.717) is 18.1 Å². The zero-order valence-corrected chi connectivity index (χ0v) is 11.8. The van der Waals surface area contributed by atoms with Gasteiger partial charge in [-0.15, -0.1) is 0 Å². The first-order chi connectivity index (χ1) is 8.65. The van der Waals surface area contributed by atoms with Gasteiger partial charge in [0.15, 0.2) is 0 Å². The lowest BCUT2D eigenvalue weighted by molar-refractivity contribution is 0.129. The van der Waals surface area contributed by atoms with Gasteiger partial charge >= 0.3 is 0 Å². The Labute approximate surface area is 110 Å². The Morgan fingerprint density at radius 2 is 2.22 bits per heavy atom. The molecule has 1 saturated heterocycles. The largest absolute Gasteiger partial charge is 0.311 e. The average Bonchev–Trinajstić information content (AvgIpc) is 2.81. The minimum Gasteiger partial charge on any atom is -0.311 e. The minimum atomic E-state index is 0.557. The molecule has 2 atom stereocenters. The molecule has 18 heavy (non-hydrogen) atoms. The molecular weight excluding hydrogens is 224 g/mol. The standard InChI is InChI=1S/C14H26N4/c1-12(2)16-14-6-4-8-17(11-14)13(3)10-18-9-5-7-15-18/h5,7,9,12-14,16H,4,6,8,10-11H2,1-3H3.